The highest BCUT2D eigenvalue weighted by molar-refractivity contribution is 7.80. The summed E-state index contributed by atoms with van der Waals surface area (Å²) in [7, 11) is 0. The van der Waals surface area contributed by atoms with E-state index in [1.54, 1.807) is 24.3 Å². The van der Waals surface area contributed by atoms with Gasteiger partial charge >= 0.3 is 0 Å². The molecule has 1 aromatic carbocycles. The van der Waals surface area contributed by atoms with Gasteiger partial charge in [-0.25, -0.2) is 0 Å². The van der Waals surface area contributed by atoms with Crippen LogP contribution >= 0.6 is 23.8 Å². The highest BCUT2D eigenvalue weighted by Gasteiger charge is 2.58. The highest BCUT2D eigenvalue weighted by Crippen LogP contribution is 2.52. The van der Waals surface area contributed by atoms with E-state index in [0.29, 0.717) is 5.02 Å². The smallest absolute Gasteiger partial charge is 0.261 e. The van der Waals surface area contributed by atoms with Gasteiger partial charge in [-0.15, -0.1) is 0 Å². The Morgan fingerprint density at radius 2 is 1.76 bits per heavy atom. The van der Waals surface area contributed by atoms with E-state index in [4.69, 9.17) is 28.6 Å². The highest BCUT2D eigenvalue weighted by atomic mass is 35.5. The molecule has 3 aliphatic rings. The zero-order chi connectivity index (χ0) is 17.6. The third kappa shape index (κ3) is 2.93. The van der Waals surface area contributed by atoms with E-state index in [9.17, 15) is 9.59 Å². The van der Waals surface area contributed by atoms with Crippen molar-refractivity contribution in [3.8, 4) is 0 Å². The maximum atomic E-state index is 12.5. The molecular formula is C18H17ClN2O3S. The second-order valence-corrected chi connectivity index (χ2v) is 7.40. The molecule has 2 fully saturated rings. The molecule has 25 heavy (non-hydrogen) atoms. The number of thiocarbonyl (C=S) groups is 1. The number of carbonyl (C=O) groups excluding carboxylic acids is 2. The summed E-state index contributed by atoms with van der Waals surface area (Å²) in [6.07, 6.45) is 5.11. The molecule has 4 rings (SSSR count). The molecule has 1 heterocycles. The van der Waals surface area contributed by atoms with Gasteiger partial charge in [0.05, 0.1) is 18.4 Å². The van der Waals surface area contributed by atoms with Crippen molar-refractivity contribution < 1.29 is 14.3 Å². The van der Waals surface area contributed by atoms with Crippen LogP contribution in [0.2, 0.25) is 5.02 Å². The summed E-state index contributed by atoms with van der Waals surface area (Å²) in [4.78, 5) is 26.4. The van der Waals surface area contributed by atoms with Crippen LogP contribution in [0.25, 0.3) is 0 Å². The average Bonchev–Trinajstić information content (AvgIpc) is 3.26. The Hall–Kier alpha value is -1.92. The molecule has 5 nitrogen and oxygen atoms in total. The Labute approximate surface area is 156 Å². The van der Waals surface area contributed by atoms with Crippen LogP contribution in [0.1, 0.15) is 6.42 Å². The van der Waals surface area contributed by atoms with Crippen LogP contribution in [0.4, 0.5) is 5.69 Å². The van der Waals surface area contributed by atoms with Crippen molar-refractivity contribution >= 4 is 46.5 Å². The van der Waals surface area contributed by atoms with Gasteiger partial charge in [-0.2, -0.15) is 0 Å². The minimum Gasteiger partial charge on any atom is -0.469 e. The largest absolute Gasteiger partial charge is 0.469 e. The molecule has 2 bridgehead atoms. The van der Waals surface area contributed by atoms with Gasteiger partial charge < -0.3 is 10.1 Å². The molecule has 7 heteroatoms. The Morgan fingerprint density at radius 1 is 1.16 bits per heavy atom. The van der Waals surface area contributed by atoms with E-state index in [1.165, 1.54) is 4.90 Å². The molecule has 0 aromatic heterocycles. The maximum Gasteiger partial charge on any atom is 0.261 e. The lowest BCUT2D eigenvalue weighted by Gasteiger charge is -2.17. The number of carbonyl (C=O) groups is 2. The fourth-order valence-corrected chi connectivity index (χ4v) is 4.43. The van der Waals surface area contributed by atoms with Crippen molar-refractivity contribution in [1.82, 2.24) is 4.90 Å². The lowest BCUT2D eigenvalue weighted by Crippen LogP contribution is -2.36. The predicted octanol–water partition coefficient (Wildman–Crippen LogP) is 2.86. The van der Waals surface area contributed by atoms with Gasteiger partial charge in [0.2, 0.25) is 11.8 Å². The maximum absolute atomic E-state index is 12.5. The standard InChI is InChI=1S/C18H17ClN2O3S/c19-12-3-5-13(6-4-12)20-18(25)24-8-7-21-16(22)14-10-1-2-11(9-10)15(14)17(21)23/h1-6,10-11,14-15H,7-9H2,(H,20,25)/t10?,11?,14-,15+. The molecule has 2 aliphatic carbocycles. The summed E-state index contributed by atoms with van der Waals surface area (Å²) in [6.45, 7) is 0.408. The average molecular weight is 377 g/mol. The van der Waals surface area contributed by atoms with E-state index < -0.39 is 0 Å². The number of nitrogens with zero attached hydrogens (tertiary/aromatic N) is 1. The molecule has 1 saturated carbocycles. The Balaban J connectivity index is 1.29. The van der Waals surface area contributed by atoms with E-state index in [2.05, 4.69) is 17.5 Å². The summed E-state index contributed by atoms with van der Waals surface area (Å²) < 4.78 is 5.45. The lowest BCUT2D eigenvalue weighted by atomic mass is 9.85. The Kier molecular flexibility index (Phi) is 4.25. The number of hydrogen-bond acceptors (Lipinski definition) is 4. The number of hydrogen-bond donors (Lipinski definition) is 1. The first-order valence-corrected chi connectivity index (χ1v) is 9.06. The first-order chi connectivity index (χ1) is 12.0. The number of benzene rings is 1. The summed E-state index contributed by atoms with van der Waals surface area (Å²) in [5, 5.41) is 3.77. The zero-order valence-electron chi connectivity index (χ0n) is 13.4. The normalized spacial score (nSPS) is 29.2. The molecule has 2 unspecified atom stereocenters. The number of imide groups is 1. The van der Waals surface area contributed by atoms with Crippen LogP contribution in [0, 0.1) is 23.7 Å². The zero-order valence-corrected chi connectivity index (χ0v) is 14.9. The van der Waals surface area contributed by atoms with Crippen molar-refractivity contribution in [2.75, 3.05) is 18.5 Å². The van der Waals surface area contributed by atoms with Crippen LogP contribution in [0.5, 0.6) is 0 Å². The van der Waals surface area contributed by atoms with E-state index >= 15 is 0 Å². The summed E-state index contributed by atoms with van der Waals surface area (Å²) in [6, 6.07) is 7.06. The van der Waals surface area contributed by atoms with Gasteiger partial charge in [0.1, 0.15) is 6.61 Å². The number of fused-ring (bicyclic) bond motifs is 5. The second-order valence-electron chi connectivity index (χ2n) is 6.60. The number of likely N-dealkylation sites (tertiary alicyclic amines) is 1. The molecule has 0 radical (unpaired) electrons. The first-order valence-electron chi connectivity index (χ1n) is 8.27. The molecule has 4 atom stereocenters. The number of halogens is 1. The third-order valence-electron chi connectivity index (χ3n) is 5.20. The fraction of sp³-hybridized carbons (Fsp3) is 0.389. The molecular weight excluding hydrogens is 360 g/mol. The predicted molar refractivity (Wildman–Crippen MR) is 98.1 cm³/mol. The van der Waals surface area contributed by atoms with Gasteiger partial charge in [0.15, 0.2) is 0 Å². The molecule has 1 aliphatic heterocycles. The Morgan fingerprint density at radius 3 is 2.36 bits per heavy atom. The number of anilines is 1. The van der Waals surface area contributed by atoms with Gasteiger partial charge in [-0.05, 0) is 54.7 Å². The van der Waals surface area contributed by atoms with Crippen molar-refractivity contribution in [3.63, 3.8) is 0 Å². The Bertz CT molecular complexity index is 734. The number of ether oxygens (including phenoxy) is 1. The van der Waals surface area contributed by atoms with Crippen LogP contribution in [0.3, 0.4) is 0 Å². The SMILES string of the molecule is O=C1[C@@H]2C3C=CC(C3)[C@@H]2C(=O)N1CCOC(=S)Nc1ccc(Cl)cc1. The fourth-order valence-electron chi connectivity index (χ4n) is 4.10. The molecule has 0 spiro atoms. The topological polar surface area (TPSA) is 58.6 Å². The number of allylic oxidation sites excluding steroid dienone is 2. The minimum atomic E-state index is -0.165. The number of amides is 2. The van der Waals surface area contributed by atoms with Gasteiger partial charge in [0.25, 0.3) is 5.17 Å². The molecule has 130 valence electrons. The minimum absolute atomic E-state index is 0.0629. The van der Waals surface area contributed by atoms with Crippen molar-refractivity contribution in [2.24, 2.45) is 23.7 Å². The van der Waals surface area contributed by atoms with Crippen LogP contribution in [-0.2, 0) is 14.3 Å². The molecule has 2 amide bonds. The molecule has 1 saturated heterocycles. The first kappa shape index (κ1) is 16.5. The summed E-state index contributed by atoms with van der Waals surface area (Å²) in [5.74, 6) is -0.00243. The second kappa shape index (κ2) is 6.42. The third-order valence-corrected chi connectivity index (χ3v) is 5.67. The van der Waals surface area contributed by atoms with E-state index in [1.807, 2.05) is 0 Å². The van der Waals surface area contributed by atoms with Crippen LogP contribution in [0.15, 0.2) is 36.4 Å². The van der Waals surface area contributed by atoms with Gasteiger partial charge in [0, 0.05) is 10.7 Å². The summed E-state index contributed by atoms with van der Waals surface area (Å²) in [5.41, 5.74) is 0.764. The van der Waals surface area contributed by atoms with Crippen molar-refractivity contribution in [1.29, 1.82) is 0 Å². The van der Waals surface area contributed by atoms with Crippen molar-refractivity contribution in [3.05, 3.63) is 41.4 Å². The molecule has 1 aromatic rings. The van der Waals surface area contributed by atoms with Gasteiger partial charge in [-0.1, -0.05) is 23.8 Å². The lowest BCUT2D eigenvalue weighted by molar-refractivity contribution is -0.141. The van der Waals surface area contributed by atoms with E-state index in [0.717, 1.165) is 12.1 Å². The molecule has 1 N–H and O–H groups in total. The van der Waals surface area contributed by atoms with Gasteiger partial charge in [-0.3, -0.25) is 14.5 Å². The monoisotopic (exact) mass is 376 g/mol. The van der Waals surface area contributed by atoms with Crippen LogP contribution < -0.4 is 5.32 Å². The van der Waals surface area contributed by atoms with Crippen molar-refractivity contribution in [2.45, 2.75) is 6.42 Å². The number of nitrogens with one attached hydrogen (secondary N) is 1. The number of rotatable bonds is 4. The summed E-state index contributed by atoms with van der Waals surface area (Å²) >= 11 is 11.0. The quantitative estimate of drug-likeness (QED) is 0.497. The van der Waals surface area contributed by atoms with Crippen LogP contribution in [-0.4, -0.2) is 35.0 Å². The van der Waals surface area contributed by atoms with E-state index in [-0.39, 0.29) is 53.8 Å².